The van der Waals surface area contributed by atoms with Crippen molar-refractivity contribution >= 4 is 46.5 Å². The van der Waals surface area contributed by atoms with Gasteiger partial charge in [0.1, 0.15) is 6.54 Å². The lowest BCUT2D eigenvalue weighted by Crippen LogP contribution is -2.35. The molecule has 0 aliphatic carbocycles. The molecule has 3 amide bonds. The third kappa shape index (κ3) is 6.88. The first kappa shape index (κ1) is 26.8. The first-order valence-corrected chi connectivity index (χ1v) is 12.1. The standard InChI is InChI=1S/C26H28N2O7S/c1-5-17(3)35-24(30)14-28-25(31)22(36-26(28)32)13-18-10-11-20(21(12-18)33-4)34-15-23(29)27-19-9-7-6-8-16(19)2/h6-13,17H,5,14-15H2,1-4H3,(H,27,29)/b22-13-/t17-/m0/s1. The molecule has 0 spiro atoms. The zero-order valence-electron chi connectivity index (χ0n) is 20.5. The van der Waals surface area contributed by atoms with Crippen LogP contribution in [0.25, 0.3) is 6.08 Å². The number of esters is 1. The smallest absolute Gasteiger partial charge is 0.326 e. The molecule has 9 nitrogen and oxygen atoms in total. The summed E-state index contributed by atoms with van der Waals surface area (Å²) in [6, 6.07) is 12.3. The minimum absolute atomic E-state index is 0.171. The molecule has 3 rings (SSSR count). The molecule has 190 valence electrons. The van der Waals surface area contributed by atoms with Crippen LogP contribution in [-0.4, -0.2) is 54.3 Å². The molecule has 1 heterocycles. The monoisotopic (exact) mass is 512 g/mol. The molecule has 2 aromatic carbocycles. The fourth-order valence-electron chi connectivity index (χ4n) is 3.20. The predicted molar refractivity (Wildman–Crippen MR) is 137 cm³/mol. The maximum absolute atomic E-state index is 12.7. The second-order valence-corrected chi connectivity index (χ2v) is 9.03. The topological polar surface area (TPSA) is 111 Å². The van der Waals surface area contributed by atoms with E-state index in [-0.39, 0.29) is 23.5 Å². The van der Waals surface area contributed by atoms with Crippen molar-refractivity contribution < 1.29 is 33.4 Å². The van der Waals surface area contributed by atoms with Gasteiger partial charge < -0.3 is 19.5 Å². The van der Waals surface area contributed by atoms with Crippen LogP contribution in [0.3, 0.4) is 0 Å². The molecule has 0 radical (unpaired) electrons. The van der Waals surface area contributed by atoms with Crippen molar-refractivity contribution in [3.63, 3.8) is 0 Å². The van der Waals surface area contributed by atoms with Gasteiger partial charge in [-0.15, -0.1) is 0 Å². The van der Waals surface area contributed by atoms with Crippen LogP contribution in [0.4, 0.5) is 10.5 Å². The Labute approximate surface area is 213 Å². The molecule has 0 saturated carbocycles. The van der Waals surface area contributed by atoms with E-state index in [0.717, 1.165) is 22.2 Å². The molecule has 2 aromatic rings. The van der Waals surface area contributed by atoms with E-state index in [2.05, 4.69) is 5.32 Å². The lowest BCUT2D eigenvalue weighted by Gasteiger charge is -2.14. The molecule has 1 atom stereocenters. The lowest BCUT2D eigenvalue weighted by atomic mass is 10.2. The fraction of sp³-hybridized carbons (Fsp3) is 0.308. The quantitative estimate of drug-likeness (QED) is 0.368. The van der Waals surface area contributed by atoms with E-state index in [0.29, 0.717) is 29.2 Å². The van der Waals surface area contributed by atoms with E-state index in [4.69, 9.17) is 14.2 Å². The first-order valence-electron chi connectivity index (χ1n) is 11.3. The fourth-order valence-corrected chi connectivity index (χ4v) is 4.04. The number of hydrogen-bond acceptors (Lipinski definition) is 8. The number of benzene rings is 2. The minimum atomic E-state index is -0.637. The summed E-state index contributed by atoms with van der Waals surface area (Å²) in [6.45, 7) is 4.84. The molecular weight excluding hydrogens is 484 g/mol. The third-order valence-electron chi connectivity index (χ3n) is 5.33. The molecule has 10 heteroatoms. The Morgan fingerprint density at radius 1 is 1.14 bits per heavy atom. The Bertz CT molecular complexity index is 1190. The lowest BCUT2D eigenvalue weighted by molar-refractivity contribution is -0.150. The van der Waals surface area contributed by atoms with E-state index >= 15 is 0 Å². The molecule has 0 aromatic heterocycles. The summed E-state index contributed by atoms with van der Waals surface area (Å²) in [5.41, 5.74) is 2.22. The molecule has 36 heavy (non-hydrogen) atoms. The van der Waals surface area contributed by atoms with E-state index in [1.807, 2.05) is 32.0 Å². The van der Waals surface area contributed by atoms with Crippen LogP contribution in [-0.2, 0) is 19.1 Å². The maximum Gasteiger partial charge on any atom is 0.326 e. The zero-order chi connectivity index (χ0) is 26.2. The average Bonchev–Trinajstić information content (AvgIpc) is 3.11. The second-order valence-electron chi connectivity index (χ2n) is 8.04. The Morgan fingerprint density at radius 2 is 1.89 bits per heavy atom. The number of nitrogens with zero attached hydrogens (tertiary/aromatic N) is 1. The number of thioether (sulfide) groups is 1. The number of aryl methyl sites for hydroxylation is 1. The number of anilines is 1. The van der Waals surface area contributed by atoms with Crippen molar-refractivity contribution in [2.24, 2.45) is 0 Å². The van der Waals surface area contributed by atoms with Crippen LogP contribution < -0.4 is 14.8 Å². The number of rotatable bonds is 10. The highest BCUT2D eigenvalue weighted by Gasteiger charge is 2.36. The van der Waals surface area contributed by atoms with Crippen LogP contribution in [0, 0.1) is 6.92 Å². The molecule has 1 fully saturated rings. The Balaban J connectivity index is 1.65. The van der Waals surface area contributed by atoms with Crippen molar-refractivity contribution in [3.05, 3.63) is 58.5 Å². The van der Waals surface area contributed by atoms with Gasteiger partial charge in [-0.1, -0.05) is 31.2 Å². The Morgan fingerprint density at radius 3 is 2.58 bits per heavy atom. The van der Waals surface area contributed by atoms with Gasteiger partial charge >= 0.3 is 5.97 Å². The van der Waals surface area contributed by atoms with Crippen molar-refractivity contribution in [2.45, 2.75) is 33.3 Å². The predicted octanol–water partition coefficient (Wildman–Crippen LogP) is 4.40. The van der Waals surface area contributed by atoms with Gasteiger partial charge in [-0.05, 0) is 67.4 Å². The number of methoxy groups -OCH3 is 1. The van der Waals surface area contributed by atoms with Crippen molar-refractivity contribution in [2.75, 3.05) is 25.6 Å². The summed E-state index contributed by atoms with van der Waals surface area (Å²) < 4.78 is 16.2. The summed E-state index contributed by atoms with van der Waals surface area (Å²) >= 11 is 0.743. The molecule has 1 saturated heterocycles. The van der Waals surface area contributed by atoms with E-state index in [9.17, 15) is 19.2 Å². The number of ether oxygens (including phenoxy) is 3. The molecule has 0 bridgehead atoms. The number of carbonyl (C=O) groups is 4. The van der Waals surface area contributed by atoms with Gasteiger partial charge in [0.25, 0.3) is 17.1 Å². The SMILES string of the molecule is CC[C@H](C)OC(=O)CN1C(=O)S/C(=C\c2ccc(OCC(=O)Nc3ccccc3C)c(OC)c2)C1=O. The van der Waals surface area contributed by atoms with Gasteiger partial charge in [0.2, 0.25) is 0 Å². The summed E-state index contributed by atoms with van der Waals surface area (Å²) in [6.07, 6.45) is 1.86. The summed E-state index contributed by atoms with van der Waals surface area (Å²) in [7, 11) is 1.45. The van der Waals surface area contributed by atoms with E-state index in [1.54, 1.807) is 31.2 Å². The number of para-hydroxylation sites is 1. The first-order chi connectivity index (χ1) is 17.2. The van der Waals surface area contributed by atoms with Gasteiger partial charge in [-0.25, -0.2) is 0 Å². The largest absolute Gasteiger partial charge is 0.493 e. The number of hydrogen-bond donors (Lipinski definition) is 1. The molecule has 1 N–H and O–H groups in total. The summed E-state index contributed by atoms with van der Waals surface area (Å²) in [4.78, 5) is 50.3. The summed E-state index contributed by atoms with van der Waals surface area (Å²) in [5.74, 6) is -0.837. The number of amides is 3. The maximum atomic E-state index is 12.7. The van der Waals surface area contributed by atoms with Gasteiger partial charge in [0, 0.05) is 5.69 Å². The van der Waals surface area contributed by atoms with Gasteiger partial charge in [0.15, 0.2) is 18.1 Å². The van der Waals surface area contributed by atoms with Crippen LogP contribution >= 0.6 is 11.8 Å². The normalized spacial score (nSPS) is 15.1. The molecular formula is C26H28N2O7S. The number of nitrogens with one attached hydrogen (secondary N) is 1. The summed E-state index contributed by atoms with van der Waals surface area (Å²) in [5, 5.41) is 2.25. The Kier molecular flexibility index (Phi) is 9.13. The van der Waals surface area contributed by atoms with Crippen molar-refractivity contribution in [3.8, 4) is 11.5 Å². The van der Waals surface area contributed by atoms with Crippen LogP contribution in [0.2, 0.25) is 0 Å². The van der Waals surface area contributed by atoms with E-state index in [1.165, 1.54) is 13.2 Å². The number of carbonyl (C=O) groups excluding carboxylic acids is 4. The van der Waals surface area contributed by atoms with Crippen molar-refractivity contribution in [1.82, 2.24) is 4.90 Å². The van der Waals surface area contributed by atoms with Crippen molar-refractivity contribution in [1.29, 1.82) is 0 Å². The van der Waals surface area contributed by atoms with Gasteiger partial charge in [-0.3, -0.25) is 24.1 Å². The molecule has 0 unspecified atom stereocenters. The van der Waals surface area contributed by atoms with Gasteiger partial charge in [0.05, 0.1) is 18.1 Å². The third-order valence-corrected chi connectivity index (χ3v) is 6.24. The van der Waals surface area contributed by atoms with Crippen LogP contribution in [0.15, 0.2) is 47.4 Å². The Hall–Kier alpha value is -3.79. The number of imide groups is 1. The van der Waals surface area contributed by atoms with Gasteiger partial charge in [-0.2, -0.15) is 0 Å². The highest BCUT2D eigenvalue weighted by Crippen LogP contribution is 2.34. The highest BCUT2D eigenvalue weighted by atomic mass is 32.2. The highest BCUT2D eigenvalue weighted by molar-refractivity contribution is 8.18. The molecule has 1 aliphatic heterocycles. The van der Waals surface area contributed by atoms with Crippen LogP contribution in [0.5, 0.6) is 11.5 Å². The minimum Gasteiger partial charge on any atom is -0.493 e. The second kappa shape index (κ2) is 12.3. The van der Waals surface area contributed by atoms with E-state index < -0.39 is 23.7 Å². The molecule has 1 aliphatic rings. The zero-order valence-corrected chi connectivity index (χ0v) is 21.3. The van der Waals surface area contributed by atoms with Crippen LogP contribution in [0.1, 0.15) is 31.4 Å². The average molecular weight is 513 g/mol.